The molecule has 37 heavy (non-hydrogen) atoms. The molecule has 0 spiro atoms. The highest BCUT2D eigenvalue weighted by molar-refractivity contribution is 5.92. The zero-order chi connectivity index (χ0) is 27.4. The van der Waals surface area contributed by atoms with Crippen LogP contribution >= 0.6 is 0 Å². The van der Waals surface area contributed by atoms with Gasteiger partial charge in [-0.15, -0.1) is 0 Å². The van der Waals surface area contributed by atoms with E-state index in [0.717, 1.165) is 46.4 Å². The molecule has 0 aliphatic carbocycles. The second kappa shape index (κ2) is 11.3. The van der Waals surface area contributed by atoms with E-state index in [-0.39, 0.29) is 16.8 Å². The van der Waals surface area contributed by atoms with Gasteiger partial charge in [-0.1, -0.05) is 52.0 Å². The van der Waals surface area contributed by atoms with Gasteiger partial charge in [0.05, 0.1) is 5.56 Å². The molecule has 0 aliphatic rings. The van der Waals surface area contributed by atoms with Crippen molar-refractivity contribution in [2.45, 2.75) is 80.3 Å². The summed E-state index contributed by atoms with van der Waals surface area (Å²) in [6.45, 7) is 16.2. The zero-order valence-electron chi connectivity index (χ0n) is 23.5. The molecule has 0 unspecified atom stereocenters. The third-order valence-electron chi connectivity index (χ3n) is 7.32. The second-order valence-corrected chi connectivity index (χ2v) is 11.1. The van der Waals surface area contributed by atoms with Crippen LogP contribution in [-0.2, 0) is 11.2 Å². The van der Waals surface area contributed by atoms with Crippen molar-refractivity contribution in [3.05, 3.63) is 82.9 Å². The monoisotopic (exact) mass is 500 g/mol. The minimum atomic E-state index is -0.418. The SMILES string of the molecule is CCC(C)(C)Oc1ccc(-c2ccc(OC(=O)c3ccc(CC(=O)C(C)(C)CC)cc3)c(C)c2)cc1C. The number of esters is 1. The van der Waals surface area contributed by atoms with Crippen LogP contribution in [0, 0.1) is 19.3 Å². The normalized spacial score (nSPS) is 11.8. The fourth-order valence-corrected chi connectivity index (χ4v) is 3.80. The molecule has 3 aromatic carbocycles. The van der Waals surface area contributed by atoms with Gasteiger partial charge in [-0.3, -0.25) is 4.79 Å². The van der Waals surface area contributed by atoms with Gasteiger partial charge in [-0.25, -0.2) is 4.79 Å². The van der Waals surface area contributed by atoms with Gasteiger partial charge in [-0.05, 0) is 105 Å². The second-order valence-electron chi connectivity index (χ2n) is 11.1. The summed E-state index contributed by atoms with van der Waals surface area (Å²) in [5.74, 6) is 1.20. The lowest BCUT2D eigenvalue weighted by Gasteiger charge is -2.26. The van der Waals surface area contributed by atoms with E-state index in [4.69, 9.17) is 9.47 Å². The molecular weight excluding hydrogens is 460 g/mol. The fraction of sp³-hybridized carbons (Fsp3) is 0.394. The van der Waals surface area contributed by atoms with E-state index in [1.807, 2.05) is 64.1 Å². The highest BCUT2D eigenvalue weighted by Crippen LogP contribution is 2.32. The van der Waals surface area contributed by atoms with Crippen molar-refractivity contribution in [3.8, 4) is 22.6 Å². The van der Waals surface area contributed by atoms with Crippen LogP contribution in [0.25, 0.3) is 11.1 Å². The van der Waals surface area contributed by atoms with Crippen LogP contribution in [0.5, 0.6) is 11.5 Å². The van der Waals surface area contributed by atoms with Crippen LogP contribution < -0.4 is 9.47 Å². The molecule has 0 atom stereocenters. The minimum Gasteiger partial charge on any atom is -0.488 e. The molecule has 0 saturated heterocycles. The predicted octanol–water partition coefficient (Wildman–Crippen LogP) is 8.30. The van der Waals surface area contributed by atoms with Crippen LogP contribution in [0.1, 0.15) is 81.4 Å². The Balaban J connectivity index is 1.70. The largest absolute Gasteiger partial charge is 0.488 e. The Kier molecular flexibility index (Phi) is 8.63. The Hall–Kier alpha value is -3.40. The predicted molar refractivity (Wildman–Crippen MR) is 151 cm³/mol. The standard InChI is InChI=1S/C33H40O4/c1-9-32(5,6)30(34)21-24-11-13-25(14-12-24)31(35)36-28-17-15-26(19-22(28)3)27-16-18-29(23(4)20-27)37-33(7,8)10-2/h11-20H,9-10,21H2,1-8H3. The van der Waals surface area contributed by atoms with Crippen LogP contribution in [0.2, 0.25) is 0 Å². The number of ketones is 1. The summed E-state index contributed by atoms with van der Waals surface area (Å²) in [6.07, 6.45) is 2.08. The lowest BCUT2D eigenvalue weighted by atomic mass is 9.82. The molecule has 0 aliphatic heterocycles. The fourth-order valence-electron chi connectivity index (χ4n) is 3.80. The van der Waals surface area contributed by atoms with Crippen molar-refractivity contribution in [1.29, 1.82) is 0 Å². The van der Waals surface area contributed by atoms with Gasteiger partial charge >= 0.3 is 5.97 Å². The third kappa shape index (κ3) is 7.09. The molecule has 0 amide bonds. The Morgan fingerprint density at radius 3 is 1.76 bits per heavy atom. The maximum Gasteiger partial charge on any atom is 0.343 e. The van der Waals surface area contributed by atoms with Crippen molar-refractivity contribution < 1.29 is 19.1 Å². The molecule has 196 valence electrons. The maximum absolute atomic E-state index is 12.8. The molecule has 0 N–H and O–H groups in total. The lowest BCUT2D eigenvalue weighted by molar-refractivity contribution is -0.126. The topological polar surface area (TPSA) is 52.6 Å². The van der Waals surface area contributed by atoms with Gasteiger partial charge in [0, 0.05) is 11.8 Å². The first-order valence-electron chi connectivity index (χ1n) is 13.1. The summed E-state index contributed by atoms with van der Waals surface area (Å²) < 4.78 is 11.9. The van der Waals surface area contributed by atoms with E-state index in [1.54, 1.807) is 12.1 Å². The van der Waals surface area contributed by atoms with Crippen molar-refractivity contribution in [1.82, 2.24) is 0 Å². The number of hydrogen-bond donors (Lipinski definition) is 0. The van der Waals surface area contributed by atoms with Crippen LogP contribution in [-0.4, -0.2) is 17.4 Å². The summed E-state index contributed by atoms with van der Waals surface area (Å²) in [7, 11) is 0. The molecule has 0 saturated carbocycles. The summed E-state index contributed by atoms with van der Waals surface area (Å²) in [6, 6.07) is 19.1. The number of ether oxygens (including phenoxy) is 2. The van der Waals surface area contributed by atoms with Crippen LogP contribution in [0.3, 0.4) is 0 Å². The quantitative estimate of drug-likeness (QED) is 0.207. The third-order valence-corrected chi connectivity index (χ3v) is 7.32. The average molecular weight is 501 g/mol. The molecular formula is C33H40O4. The van der Waals surface area contributed by atoms with Crippen molar-refractivity contribution in [2.24, 2.45) is 5.41 Å². The molecule has 0 aromatic heterocycles. The first-order chi connectivity index (χ1) is 17.3. The van der Waals surface area contributed by atoms with Gasteiger partial charge in [0.2, 0.25) is 0 Å². The Morgan fingerprint density at radius 2 is 1.27 bits per heavy atom. The van der Waals surface area contributed by atoms with Crippen LogP contribution in [0.15, 0.2) is 60.7 Å². The van der Waals surface area contributed by atoms with Gasteiger partial charge < -0.3 is 9.47 Å². The smallest absolute Gasteiger partial charge is 0.343 e. The number of carbonyl (C=O) groups is 2. The minimum absolute atomic E-state index is 0.197. The Labute approximate surface area is 222 Å². The number of hydrogen-bond acceptors (Lipinski definition) is 4. The van der Waals surface area contributed by atoms with E-state index in [2.05, 4.69) is 39.8 Å². The maximum atomic E-state index is 12.8. The number of rotatable bonds is 10. The van der Waals surface area contributed by atoms with Crippen molar-refractivity contribution in [3.63, 3.8) is 0 Å². The summed E-state index contributed by atoms with van der Waals surface area (Å²) in [5.41, 5.74) is 4.88. The summed E-state index contributed by atoms with van der Waals surface area (Å²) >= 11 is 0. The Morgan fingerprint density at radius 1 is 0.730 bits per heavy atom. The van der Waals surface area contributed by atoms with Crippen LogP contribution in [0.4, 0.5) is 0 Å². The molecule has 0 radical (unpaired) electrons. The molecule has 0 bridgehead atoms. The van der Waals surface area contributed by atoms with Gasteiger partial charge in [0.1, 0.15) is 22.9 Å². The van der Waals surface area contributed by atoms with Gasteiger partial charge in [0.25, 0.3) is 0 Å². The number of Topliss-reactive ketones (excluding diaryl/α,β-unsaturated/α-hetero) is 1. The van der Waals surface area contributed by atoms with Gasteiger partial charge in [0.15, 0.2) is 0 Å². The first kappa shape index (κ1) is 28.2. The average Bonchev–Trinajstić information content (AvgIpc) is 2.86. The highest BCUT2D eigenvalue weighted by atomic mass is 16.5. The highest BCUT2D eigenvalue weighted by Gasteiger charge is 2.25. The van der Waals surface area contributed by atoms with E-state index in [1.165, 1.54) is 0 Å². The molecule has 0 fully saturated rings. The zero-order valence-corrected chi connectivity index (χ0v) is 23.5. The summed E-state index contributed by atoms with van der Waals surface area (Å²) in [4.78, 5) is 25.3. The molecule has 4 heteroatoms. The van der Waals surface area contributed by atoms with Gasteiger partial charge in [-0.2, -0.15) is 0 Å². The first-order valence-corrected chi connectivity index (χ1v) is 13.1. The van der Waals surface area contributed by atoms with E-state index in [0.29, 0.717) is 17.7 Å². The molecule has 3 aromatic rings. The van der Waals surface area contributed by atoms with E-state index < -0.39 is 5.97 Å². The molecule has 0 heterocycles. The van der Waals surface area contributed by atoms with Crippen molar-refractivity contribution >= 4 is 11.8 Å². The summed E-state index contributed by atoms with van der Waals surface area (Å²) in [5, 5.41) is 0. The molecule has 3 rings (SSSR count). The Bertz CT molecular complexity index is 1270. The number of carbonyl (C=O) groups excluding carboxylic acids is 2. The number of benzene rings is 3. The molecule has 4 nitrogen and oxygen atoms in total. The number of aryl methyl sites for hydroxylation is 2. The van der Waals surface area contributed by atoms with E-state index in [9.17, 15) is 9.59 Å². The van der Waals surface area contributed by atoms with Crippen molar-refractivity contribution in [2.75, 3.05) is 0 Å². The lowest BCUT2D eigenvalue weighted by Crippen LogP contribution is -2.27. The van der Waals surface area contributed by atoms with E-state index >= 15 is 0 Å².